The Morgan fingerprint density at radius 1 is 1.35 bits per heavy atom. The summed E-state index contributed by atoms with van der Waals surface area (Å²) in [6.07, 6.45) is 4.22. The Kier molecular flexibility index (Phi) is 4.83. The van der Waals surface area contributed by atoms with Crippen molar-refractivity contribution in [2.24, 2.45) is 5.92 Å². The first-order chi connectivity index (χ1) is 8.20. The first-order valence-corrected chi connectivity index (χ1v) is 7.29. The number of nitrogens with one attached hydrogen (secondary N) is 1. The number of nitrogens with zero attached hydrogens (tertiary/aromatic N) is 1. The molecule has 0 aromatic carbocycles. The molecule has 3 nitrogen and oxygen atoms in total. The minimum atomic E-state index is 0.505. The Hall–Kier alpha value is -0.120. The highest BCUT2D eigenvalue weighted by Crippen LogP contribution is 2.23. The monoisotopic (exact) mass is 240 g/mol. The molecule has 2 saturated heterocycles. The first-order valence-electron chi connectivity index (χ1n) is 7.29. The van der Waals surface area contributed by atoms with Crippen LogP contribution in [-0.4, -0.2) is 49.3 Å². The third-order valence-corrected chi connectivity index (χ3v) is 4.37. The van der Waals surface area contributed by atoms with Crippen LogP contribution in [0.3, 0.4) is 0 Å². The van der Waals surface area contributed by atoms with Gasteiger partial charge < -0.3 is 10.1 Å². The molecular formula is C14H28N2O. The Balaban J connectivity index is 1.69. The lowest BCUT2D eigenvalue weighted by molar-refractivity contribution is 0.0866. The van der Waals surface area contributed by atoms with Gasteiger partial charge in [0.15, 0.2) is 0 Å². The summed E-state index contributed by atoms with van der Waals surface area (Å²) in [6.45, 7) is 11.4. The highest BCUT2D eigenvalue weighted by Gasteiger charge is 2.29. The molecule has 2 aliphatic heterocycles. The average molecular weight is 240 g/mol. The van der Waals surface area contributed by atoms with Crippen LogP contribution in [0.2, 0.25) is 0 Å². The predicted octanol–water partition coefficient (Wildman–Crippen LogP) is 1.87. The van der Waals surface area contributed by atoms with Crippen molar-refractivity contribution in [3.8, 4) is 0 Å². The summed E-state index contributed by atoms with van der Waals surface area (Å²) in [4.78, 5) is 2.57. The molecule has 0 amide bonds. The third-order valence-electron chi connectivity index (χ3n) is 4.37. The molecule has 0 saturated carbocycles. The van der Waals surface area contributed by atoms with Crippen molar-refractivity contribution >= 4 is 0 Å². The van der Waals surface area contributed by atoms with E-state index >= 15 is 0 Å². The van der Waals surface area contributed by atoms with E-state index in [1.54, 1.807) is 0 Å². The second-order valence-electron chi connectivity index (χ2n) is 5.85. The zero-order valence-electron chi connectivity index (χ0n) is 11.6. The molecular weight excluding hydrogens is 212 g/mol. The van der Waals surface area contributed by atoms with Gasteiger partial charge in [-0.1, -0.05) is 6.92 Å². The van der Waals surface area contributed by atoms with E-state index in [2.05, 4.69) is 31.0 Å². The maximum atomic E-state index is 5.74. The van der Waals surface area contributed by atoms with E-state index in [4.69, 9.17) is 4.74 Å². The van der Waals surface area contributed by atoms with E-state index in [1.807, 2.05) is 0 Å². The maximum absolute atomic E-state index is 5.74. The number of likely N-dealkylation sites (tertiary alicyclic amines) is 1. The molecule has 100 valence electrons. The number of rotatable bonds is 5. The van der Waals surface area contributed by atoms with Gasteiger partial charge in [-0.05, 0) is 45.6 Å². The van der Waals surface area contributed by atoms with Crippen molar-refractivity contribution in [2.75, 3.05) is 26.2 Å². The Morgan fingerprint density at radius 2 is 2.18 bits per heavy atom. The molecule has 2 heterocycles. The van der Waals surface area contributed by atoms with Gasteiger partial charge in [0.25, 0.3) is 0 Å². The zero-order chi connectivity index (χ0) is 12.3. The predicted molar refractivity (Wildman–Crippen MR) is 71.3 cm³/mol. The molecule has 0 bridgehead atoms. The average Bonchev–Trinajstić information content (AvgIpc) is 2.95. The van der Waals surface area contributed by atoms with Gasteiger partial charge in [-0.25, -0.2) is 0 Å². The molecule has 0 aromatic rings. The fourth-order valence-corrected chi connectivity index (χ4v) is 3.12. The van der Waals surface area contributed by atoms with Gasteiger partial charge in [-0.2, -0.15) is 0 Å². The molecule has 2 fully saturated rings. The van der Waals surface area contributed by atoms with Crippen molar-refractivity contribution in [3.63, 3.8) is 0 Å². The van der Waals surface area contributed by atoms with Crippen LogP contribution < -0.4 is 5.32 Å². The molecule has 0 spiro atoms. The lowest BCUT2D eigenvalue weighted by Crippen LogP contribution is -2.38. The minimum Gasteiger partial charge on any atom is -0.378 e. The van der Waals surface area contributed by atoms with Gasteiger partial charge in [0, 0.05) is 31.8 Å². The maximum Gasteiger partial charge on any atom is 0.0613 e. The van der Waals surface area contributed by atoms with Gasteiger partial charge in [0.1, 0.15) is 0 Å². The molecule has 2 aliphatic rings. The van der Waals surface area contributed by atoms with Crippen molar-refractivity contribution in [1.82, 2.24) is 10.2 Å². The molecule has 3 unspecified atom stereocenters. The molecule has 17 heavy (non-hydrogen) atoms. The van der Waals surface area contributed by atoms with Crippen LogP contribution in [0.1, 0.15) is 40.0 Å². The Labute approximate surface area is 106 Å². The van der Waals surface area contributed by atoms with Crippen molar-refractivity contribution in [1.29, 1.82) is 0 Å². The molecule has 0 aliphatic carbocycles. The van der Waals surface area contributed by atoms with Crippen LogP contribution in [-0.2, 0) is 4.74 Å². The summed E-state index contributed by atoms with van der Waals surface area (Å²) >= 11 is 0. The largest absolute Gasteiger partial charge is 0.378 e. The lowest BCUT2D eigenvalue weighted by atomic mass is 9.99. The van der Waals surface area contributed by atoms with Crippen molar-refractivity contribution in [3.05, 3.63) is 0 Å². The quantitative estimate of drug-likeness (QED) is 0.794. The van der Waals surface area contributed by atoms with Gasteiger partial charge in [-0.3, -0.25) is 4.90 Å². The van der Waals surface area contributed by atoms with E-state index in [0.29, 0.717) is 18.2 Å². The Morgan fingerprint density at radius 3 is 2.82 bits per heavy atom. The van der Waals surface area contributed by atoms with Crippen LogP contribution in [0, 0.1) is 5.92 Å². The SMILES string of the molecule is CCC1OCCC1CNC1CCN(C(C)C)C1. The number of hydrogen-bond acceptors (Lipinski definition) is 3. The number of ether oxygens (including phenoxy) is 1. The third kappa shape index (κ3) is 3.43. The molecule has 2 rings (SSSR count). The van der Waals surface area contributed by atoms with E-state index in [9.17, 15) is 0 Å². The molecule has 3 heteroatoms. The topological polar surface area (TPSA) is 24.5 Å². The Bertz CT molecular complexity index is 232. The summed E-state index contributed by atoms with van der Waals surface area (Å²) in [6, 6.07) is 1.40. The van der Waals surface area contributed by atoms with Gasteiger partial charge in [-0.15, -0.1) is 0 Å². The standard InChI is InChI=1S/C14H28N2O/c1-4-14-12(6-8-17-14)9-15-13-5-7-16(10-13)11(2)3/h11-15H,4-10H2,1-3H3. The van der Waals surface area contributed by atoms with E-state index in [-0.39, 0.29) is 0 Å². The molecule has 0 aromatic heterocycles. The van der Waals surface area contributed by atoms with Gasteiger partial charge >= 0.3 is 0 Å². The molecule has 3 atom stereocenters. The highest BCUT2D eigenvalue weighted by atomic mass is 16.5. The summed E-state index contributed by atoms with van der Waals surface area (Å²) in [5.74, 6) is 0.744. The van der Waals surface area contributed by atoms with Crippen LogP contribution in [0.25, 0.3) is 0 Å². The lowest BCUT2D eigenvalue weighted by Gasteiger charge is -2.22. The minimum absolute atomic E-state index is 0.505. The van der Waals surface area contributed by atoms with E-state index in [1.165, 1.54) is 25.9 Å². The van der Waals surface area contributed by atoms with Crippen LogP contribution in [0.5, 0.6) is 0 Å². The van der Waals surface area contributed by atoms with E-state index in [0.717, 1.165) is 25.5 Å². The second kappa shape index (κ2) is 6.17. The summed E-state index contributed by atoms with van der Waals surface area (Å²) in [7, 11) is 0. The number of hydrogen-bond donors (Lipinski definition) is 1. The smallest absolute Gasteiger partial charge is 0.0613 e. The summed E-state index contributed by atoms with van der Waals surface area (Å²) in [5.41, 5.74) is 0. The van der Waals surface area contributed by atoms with Crippen molar-refractivity contribution in [2.45, 2.75) is 58.2 Å². The van der Waals surface area contributed by atoms with Crippen LogP contribution >= 0.6 is 0 Å². The second-order valence-corrected chi connectivity index (χ2v) is 5.85. The van der Waals surface area contributed by atoms with Gasteiger partial charge in [0.2, 0.25) is 0 Å². The highest BCUT2D eigenvalue weighted by molar-refractivity contribution is 4.85. The van der Waals surface area contributed by atoms with Crippen LogP contribution in [0.4, 0.5) is 0 Å². The zero-order valence-corrected chi connectivity index (χ0v) is 11.6. The normalized spacial score (nSPS) is 34.9. The summed E-state index contributed by atoms with van der Waals surface area (Å²) in [5, 5.41) is 3.75. The fraction of sp³-hybridized carbons (Fsp3) is 1.00. The van der Waals surface area contributed by atoms with E-state index < -0.39 is 0 Å². The summed E-state index contributed by atoms with van der Waals surface area (Å²) < 4.78 is 5.74. The van der Waals surface area contributed by atoms with Crippen LogP contribution in [0.15, 0.2) is 0 Å². The first kappa shape index (κ1) is 13.3. The van der Waals surface area contributed by atoms with Crippen molar-refractivity contribution < 1.29 is 4.74 Å². The molecule has 1 N–H and O–H groups in total. The van der Waals surface area contributed by atoms with Gasteiger partial charge in [0.05, 0.1) is 6.10 Å². The fourth-order valence-electron chi connectivity index (χ4n) is 3.12. The molecule has 0 radical (unpaired) electrons.